The van der Waals surface area contributed by atoms with Crippen molar-refractivity contribution in [2.75, 3.05) is 26.4 Å². The van der Waals surface area contributed by atoms with Gasteiger partial charge in [-0.25, -0.2) is 4.57 Å². The average molecular weight is 1410 g/mol. The number of nitrogens with two attached hydrogens (primary N) is 1. The lowest BCUT2D eigenvalue weighted by molar-refractivity contribution is -0.161. The highest BCUT2D eigenvalue weighted by atomic mass is 31.2. The van der Waals surface area contributed by atoms with E-state index in [1.54, 1.807) is 0 Å². The maximum absolute atomic E-state index is 12.8. The lowest BCUT2D eigenvalue weighted by Crippen LogP contribution is -2.29. The molecule has 99 heavy (non-hydrogen) atoms. The van der Waals surface area contributed by atoms with Crippen LogP contribution in [0.5, 0.6) is 0 Å². The highest BCUT2D eigenvalue weighted by Gasteiger charge is 2.26. The third kappa shape index (κ3) is 84.8. The number of hydrogen-bond donors (Lipinski definition) is 2. The number of phosphoric acid groups is 1. The molecule has 0 heterocycles. The largest absolute Gasteiger partial charge is 0.472 e. The van der Waals surface area contributed by atoms with Crippen LogP contribution in [0.15, 0.2) is 48.6 Å². The molecule has 0 rings (SSSR count). The number of hydrogen-bond acceptors (Lipinski definition) is 8. The van der Waals surface area contributed by atoms with Gasteiger partial charge in [0.05, 0.1) is 13.2 Å². The minimum Gasteiger partial charge on any atom is -0.462 e. The summed E-state index contributed by atoms with van der Waals surface area (Å²) in [5.74, 6) is -0.799. The summed E-state index contributed by atoms with van der Waals surface area (Å²) in [7, 11) is -4.40. The van der Waals surface area contributed by atoms with Crippen molar-refractivity contribution in [1.82, 2.24) is 0 Å². The van der Waals surface area contributed by atoms with Crippen LogP contribution in [0.3, 0.4) is 0 Å². The van der Waals surface area contributed by atoms with E-state index in [2.05, 4.69) is 62.5 Å². The van der Waals surface area contributed by atoms with Gasteiger partial charge in [-0.3, -0.25) is 18.6 Å². The van der Waals surface area contributed by atoms with Gasteiger partial charge in [0.1, 0.15) is 6.61 Å². The molecule has 584 valence electrons. The Kier molecular flexibility index (Phi) is 83.2. The molecular formula is C89H170NO8P. The molecule has 0 aliphatic rings. The highest BCUT2D eigenvalue weighted by Crippen LogP contribution is 2.43. The van der Waals surface area contributed by atoms with E-state index in [0.717, 1.165) is 44.9 Å². The summed E-state index contributed by atoms with van der Waals surface area (Å²) in [6.07, 6.45) is 112. The fraction of sp³-hybridized carbons (Fsp3) is 0.888. The second-order valence-electron chi connectivity index (χ2n) is 30.1. The molecule has 0 aromatic rings. The van der Waals surface area contributed by atoms with Crippen LogP contribution in [0.25, 0.3) is 0 Å². The van der Waals surface area contributed by atoms with E-state index in [1.165, 1.54) is 398 Å². The molecule has 0 aliphatic heterocycles. The number of ether oxygens (including phenoxy) is 2. The fourth-order valence-corrected chi connectivity index (χ4v) is 14.4. The van der Waals surface area contributed by atoms with Crippen LogP contribution in [0.2, 0.25) is 0 Å². The number of unbranched alkanes of at least 4 members (excludes halogenated alkanes) is 64. The van der Waals surface area contributed by atoms with Crippen LogP contribution in [0, 0.1) is 0 Å². The Morgan fingerprint density at radius 1 is 0.303 bits per heavy atom. The van der Waals surface area contributed by atoms with Crippen LogP contribution < -0.4 is 5.73 Å². The molecular weight excluding hydrogens is 1240 g/mol. The van der Waals surface area contributed by atoms with E-state index >= 15 is 0 Å². The minimum atomic E-state index is -4.40. The molecule has 0 fully saturated rings. The first kappa shape index (κ1) is 97.0. The fourth-order valence-electron chi connectivity index (χ4n) is 13.6. The van der Waals surface area contributed by atoms with Crippen LogP contribution >= 0.6 is 7.82 Å². The number of esters is 2. The van der Waals surface area contributed by atoms with E-state index in [0.29, 0.717) is 6.42 Å². The van der Waals surface area contributed by atoms with Gasteiger partial charge in [-0.2, -0.15) is 0 Å². The molecule has 2 unspecified atom stereocenters. The summed E-state index contributed by atoms with van der Waals surface area (Å²) in [4.78, 5) is 35.5. The van der Waals surface area contributed by atoms with E-state index in [9.17, 15) is 19.0 Å². The average Bonchev–Trinajstić information content (AvgIpc) is 1.64. The van der Waals surface area contributed by atoms with E-state index in [4.69, 9.17) is 24.3 Å². The van der Waals surface area contributed by atoms with E-state index in [-0.39, 0.29) is 38.6 Å². The number of allylic oxidation sites excluding steroid dienone is 8. The van der Waals surface area contributed by atoms with Crippen molar-refractivity contribution in [1.29, 1.82) is 0 Å². The van der Waals surface area contributed by atoms with Gasteiger partial charge in [0.15, 0.2) is 6.10 Å². The van der Waals surface area contributed by atoms with Gasteiger partial charge in [0, 0.05) is 19.4 Å². The number of carbonyl (C=O) groups is 2. The summed E-state index contributed by atoms with van der Waals surface area (Å²) in [5.41, 5.74) is 5.42. The highest BCUT2D eigenvalue weighted by molar-refractivity contribution is 7.47. The molecule has 0 bridgehead atoms. The predicted octanol–water partition coefficient (Wildman–Crippen LogP) is 29.9. The predicted molar refractivity (Wildman–Crippen MR) is 432 cm³/mol. The van der Waals surface area contributed by atoms with Crippen molar-refractivity contribution >= 4 is 19.8 Å². The third-order valence-electron chi connectivity index (χ3n) is 20.2. The van der Waals surface area contributed by atoms with Gasteiger partial charge in [0.25, 0.3) is 0 Å². The zero-order valence-corrected chi connectivity index (χ0v) is 67.2. The zero-order chi connectivity index (χ0) is 71.5. The first-order chi connectivity index (χ1) is 48.8. The minimum absolute atomic E-state index is 0.0564. The summed E-state index contributed by atoms with van der Waals surface area (Å²) < 4.78 is 33.3. The molecule has 0 saturated heterocycles. The van der Waals surface area contributed by atoms with Crippen LogP contribution in [0.4, 0.5) is 0 Å². The molecule has 9 nitrogen and oxygen atoms in total. The molecule has 3 N–H and O–H groups in total. The Bertz CT molecular complexity index is 1770. The van der Waals surface area contributed by atoms with E-state index < -0.39 is 26.5 Å². The maximum Gasteiger partial charge on any atom is 0.472 e. The first-order valence-electron chi connectivity index (χ1n) is 44.1. The Morgan fingerprint density at radius 2 is 0.525 bits per heavy atom. The molecule has 0 amide bonds. The molecule has 0 spiro atoms. The molecule has 0 aromatic carbocycles. The Morgan fingerprint density at radius 3 is 0.788 bits per heavy atom. The summed E-state index contributed by atoms with van der Waals surface area (Å²) in [6.45, 7) is 3.82. The van der Waals surface area contributed by atoms with Crippen molar-refractivity contribution in [3.05, 3.63) is 48.6 Å². The summed E-state index contributed by atoms with van der Waals surface area (Å²) in [5, 5.41) is 0. The summed E-state index contributed by atoms with van der Waals surface area (Å²) >= 11 is 0. The van der Waals surface area contributed by atoms with Gasteiger partial charge in [0.2, 0.25) is 0 Å². The topological polar surface area (TPSA) is 134 Å². The van der Waals surface area contributed by atoms with Crippen LogP contribution in [0.1, 0.15) is 476 Å². The lowest BCUT2D eigenvalue weighted by Gasteiger charge is -2.19. The standard InChI is InChI=1S/C89H170NO8P/c1-3-5-7-9-11-13-15-17-19-21-23-25-27-29-31-33-35-37-39-41-42-43-44-46-47-49-51-53-55-57-59-61-63-65-67-69-71-73-75-77-79-81-88(91)95-85-87(86-97-99(93,94)96-84-83-90)98-89(92)82-80-78-76-74-72-70-68-66-64-62-60-58-56-54-52-50-48-45-40-38-36-34-32-30-28-26-24-22-20-18-16-14-12-10-8-6-4-2/h16,18,21-24,28,30,87H,3-15,17,19-20,25-27,29,31-86,90H2,1-2H3,(H,93,94)/b18-16-,23-21-,24-22-,30-28-. The second-order valence-corrected chi connectivity index (χ2v) is 31.6. The molecule has 0 radical (unpaired) electrons. The lowest BCUT2D eigenvalue weighted by atomic mass is 10.0. The molecule has 0 saturated carbocycles. The molecule has 2 atom stereocenters. The summed E-state index contributed by atoms with van der Waals surface area (Å²) in [6, 6.07) is 0. The van der Waals surface area contributed by atoms with Gasteiger partial charge >= 0.3 is 19.8 Å². The van der Waals surface area contributed by atoms with Crippen molar-refractivity contribution in [3.8, 4) is 0 Å². The smallest absolute Gasteiger partial charge is 0.462 e. The van der Waals surface area contributed by atoms with Crippen molar-refractivity contribution in [3.63, 3.8) is 0 Å². The Hall–Kier alpha value is -2.03. The van der Waals surface area contributed by atoms with Gasteiger partial charge in [-0.15, -0.1) is 0 Å². The Balaban J connectivity index is 3.70. The maximum atomic E-state index is 12.8. The first-order valence-corrected chi connectivity index (χ1v) is 45.6. The third-order valence-corrected chi connectivity index (χ3v) is 21.2. The van der Waals surface area contributed by atoms with Crippen LogP contribution in [-0.4, -0.2) is 49.3 Å². The Labute approximate surface area is 617 Å². The number of carbonyl (C=O) groups excluding carboxylic acids is 2. The number of rotatable bonds is 85. The van der Waals surface area contributed by atoms with E-state index in [1.807, 2.05) is 0 Å². The van der Waals surface area contributed by atoms with Gasteiger partial charge < -0.3 is 20.1 Å². The normalized spacial score (nSPS) is 13.0. The number of phosphoric ester groups is 1. The second kappa shape index (κ2) is 84.9. The van der Waals surface area contributed by atoms with Gasteiger partial charge in [-0.1, -0.05) is 435 Å². The van der Waals surface area contributed by atoms with Gasteiger partial charge in [-0.05, 0) is 77.0 Å². The van der Waals surface area contributed by atoms with Crippen molar-refractivity contribution in [2.24, 2.45) is 5.73 Å². The zero-order valence-electron chi connectivity index (χ0n) is 66.3. The quantitative estimate of drug-likeness (QED) is 0.0264. The monoisotopic (exact) mass is 1410 g/mol. The van der Waals surface area contributed by atoms with Crippen molar-refractivity contribution in [2.45, 2.75) is 482 Å². The van der Waals surface area contributed by atoms with Crippen LogP contribution in [-0.2, 0) is 32.7 Å². The van der Waals surface area contributed by atoms with Crippen molar-refractivity contribution < 1.29 is 37.6 Å². The SMILES string of the molecule is CCCCCCC/C=C\C/C=C\C/C=C\CCCCCCCCCCCCCCCCCCCCCCCCC(=O)OC(COC(=O)CCCCCCCCCCCCCCCCCCCCCCCCCCCCCCC/C=C\CCCCCCCCCC)COP(=O)(O)OCCN. The molecule has 0 aromatic heterocycles. The molecule has 0 aliphatic carbocycles. The molecule has 10 heteroatoms.